The fourth-order valence-electron chi connectivity index (χ4n) is 1.38. The Labute approximate surface area is 85.0 Å². The summed E-state index contributed by atoms with van der Waals surface area (Å²) in [5.41, 5.74) is 2.18. The SMILES string of the molecule is CCOC(=O)N1C=CC(C)C(C)=C1C. The van der Waals surface area contributed by atoms with Gasteiger partial charge in [0.05, 0.1) is 6.61 Å². The van der Waals surface area contributed by atoms with Crippen molar-refractivity contribution < 1.29 is 9.53 Å². The fourth-order valence-corrected chi connectivity index (χ4v) is 1.38. The van der Waals surface area contributed by atoms with Gasteiger partial charge in [0.1, 0.15) is 0 Å². The predicted octanol–water partition coefficient (Wildman–Crippen LogP) is 2.90. The smallest absolute Gasteiger partial charge is 0.418 e. The van der Waals surface area contributed by atoms with Crippen LogP contribution < -0.4 is 0 Å². The molecule has 0 N–H and O–H groups in total. The summed E-state index contributed by atoms with van der Waals surface area (Å²) in [6.07, 6.45) is 3.48. The van der Waals surface area contributed by atoms with Crippen molar-refractivity contribution in [1.29, 1.82) is 0 Å². The maximum atomic E-state index is 11.5. The molecule has 0 aromatic heterocycles. The highest BCUT2D eigenvalue weighted by atomic mass is 16.6. The fraction of sp³-hybridized carbons (Fsp3) is 0.545. The maximum Gasteiger partial charge on any atom is 0.418 e. The third-order valence-electron chi connectivity index (χ3n) is 2.60. The zero-order chi connectivity index (χ0) is 10.7. The minimum absolute atomic E-state index is 0.299. The Morgan fingerprint density at radius 2 is 2.21 bits per heavy atom. The Morgan fingerprint density at radius 3 is 2.79 bits per heavy atom. The van der Waals surface area contributed by atoms with Crippen molar-refractivity contribution in [2.24, 2.45) is 5.92 Å². The molecule has 1 amide bonds. The Morgan fingerprint density at radius 1 is 1.57 bits per heavy atom. The van der Waals surface area contributed by atoms with Gasteiger partial charge in [0.2, 0.25) is 0 Å². The first-order chi connectivity index (χ1) is 6.57. The van der Waals surface area contributed by atoms with Crippen LogP contribution in [-0.4, -0.2) is 17.6 Å². The molecule has 3 heteroatoms. The minimum atomic E-state index is -0.299. The molecule has 0 spiro atoms. The van der Waals surface area contributed by atoms with Gasteiger partial charge in [-0.25, -0.2) is 4.79 Å². The van der Waals surface area contributed by atoms with Gasteiger partial charge in [-0.15, -0.1) is 0 Å². The van der Waals surface area contributed by atoms with E-state index in [0.29, 0.717) is 12.5 Å². The molecule has 0 saturated heterocycles. The maximum absolute atomic E-state index is 11.5. The van der Waals surface area contributed by atoms with Crippen molar-refractivity contribution in [1.82, 2.24) is 4.90 Å². The molecule has 0 aromatic carbocycles. The molecule has 0 saturated carbocycles. The number of amides is 1. The molecule has 1 aliphatic rings. The van der Waals surface area contributed by atoms with E-state index in [1.165, 1.54) is 5.57 Å². The van der Waals surface area contributed by atoms with E-state index in [0.717, 1.165) is 5.70 Å². The summed E-state index contributed by atoms with van der Waals surface area (Å²) in [5, 5.41) is 0. The molecule has 1 rings (SSSR count). The summed E-state index contributed by atoms with van der Waals surface area (Å²) in [6.45, 7) is 8.30. The van der Waals surface area contributed by atoms with Crippen LogP contribution in [0.25, 0.3) is 0 Å². The average Bonchev–Trinajstić information content (AvgIpc) is 2.15. The number of ether oxygens (including phenoxy) is 1. The largest absolute Gasteiger partial charge is 0.449 e. The van der Waals surface area contributed by atoms with Crippen molar-refractivity contribution >= 4 is 6.09 Å². The van der Waals surface area contributed by atoms with Crippen LogP contribution in [0.15, 0.2) is 23.5 Å². The number of carbonyl (C=O) groups excluding carboxylic acids is 1. The van der Waals surface area contributed by atoms with Gasteiger partial charge in [0.15, 0.2) is 0 Å². The molecule has 78 valence electrons. The molecule has 0 radical (unpaired) electrons. The molecule has 0 fully saturated rings. The third-order valence-corrected chi connectivity index (χ3v) is 2.60. The lowest BCUT2D eigenvalue weighted by atomic mass is 9.98. The molecular formula is C11H17NO2. The molecule has 1 aliphatic heterocycles. The van der Waals surface area contributed by atoms with Crippen molar-refractivity contribution in [2.45, 2.75) is 27.7 Å². The quantitative estimate of drug-likeness (QED) is 0.643. The van der Waals surface area contributed by atoms with Crippen molar-refractivity contribution in [3.05, 3.63) is 23.5 Å². The van der Waals surface area contributed by atoms with E-state index in [4.69, 9.17) is 4.74 Å². The summed E-state index contributed by atoms with van der Waals surface area (Å²) >= 11 is 0. The summed E-state index contributed by atoms with van der Waals surface area (Å²) in [5.74, 6) is 0.403. The van der Waals surface area contributed by atoms with Gasteiger partial charge in [-0.3, -0.25) is 4.90 Å². The van der Waals surface area contributed by atoms with Crippen molar-refractivity contribution in [2.75, 3.05) is 6.61 Å². The summed E-state index contributed by atoms with van der Waals surface area (Å²) in [7, 11) is 0. The highest BCUT2D eigenvalue weighted by Gasteiger charge is 2.20. The monoisotopic (exact) mass is 195 g/mol. The minimum Gasteiger partial charge on any atom is -0.449 e. The number of hydrogen-bond acceptors (Lipinski definition) is 2. The molecule has 0 aromatic rings. The zero-order valence-electron chi connectivity index (χ0n) is 9.20. The second kappa shape index (κ2) is 4.31. The average molecular weight is 195 g/mol. The van der Waals surface area contributed by atoms with Gasteiger partial charge in [0.25, 0.3) is 0 Å². The van der Waals surface area contributed by atoms with Crippen LogP contribution in [0.3, 0.4) is 0 Å². The lowest BCUT2D eigenvalue weighted by Crippen LogP contribution is -2.28. The standard InChI is InChI=1S/C11H17NO2/c1-5-14-11(13)12-7-6-8(2)9(3)10(12)4/h6-8H,5H2,1-4H3. The van der Waals surface area contributed by atoms with E-state index < -0.39 is 0 Å². The lowest BCUT2D eigenvalue weighted by Gasteiger charge is -2.26. The van der Waals surface area contributed by atoms with Gasteiger partial charge in [-0.05, 0) is 32.3 Å². The zero-order valence-corrected chi connectivity index (χ0v) is 9.20. The van der Waals surface area contributed by atoms with Crippen LogP contribution >= 0.6 is 0 Å². The Hall–Kier alpha value is -1.25. The molecule has 3 nitrogen and oxygen atoms in total. The van der Waals surface area contributed by atoms with Gasteiger partial charge < -0.3 is 4.74 Å². The Balaban J connectivity index is 2.82. The summed E-state index contributed by atoms with van der Waals surface area (Å²) in [6, 6.07) is 0. The van der Waals surface area contributed by atoms with Gasteiger partial charge >= 0.3 is 6.09 Å². The van der Waals surface area contributed by atoms with Crippen LogP contribution in [0.4, 0.5) is 4.79 Å². The number of carbonyl (C=O) groups is 1. The van der Waals surface area contributed by atoms with Gasteiger partial charge in [-0.2, -0.15) is 0 Å². The first kappa shape index (κ1) is 10.8. The second-order valence-electron chi connectivity index (χ2n) is 3.47. The van der Waals surface area contributed by atoms with Gasteiger partial charge in [0, 0.05) is 11.9 Å². The van der Waals surface area contributed by atoms with Crippen molar-refractivity contribution in [3.8, 4) is 0 Å². The lowest BCUT2D eigenvalue weighted by molar-refractivity contribution is 0.129. The molecule has 14 heavy (non-hydrogen) atoms. The predicted molar refractivity (Wildman–Crippen MR) is 55.5 cm³/mol. The Bertz CT molecular complexity index is 292. The van der Waals surface area contributed by atoms with Gasteiger partial charge in [-0.1, -0.05) is 13.0 Å². The normalized spacial score (nSPS) is 21.4. The molecule has 0 bridgehead atoms. The number of nitrogens with zero attached hydrogens (tertiary/aromatic N) is 1. The Kier molecular flexibility index (Phi) is 3.33. The van der Waals surface area contributed by atoms with Crippen LogP contribution in [0.5, 0.6) is 0 Å². The third kappa shape index (κ3) is 1.97. The van der Waals surface area contributed by atoms with Crippen LogP contribution in [0.2, 0.25) is 0 Å². The van der Waals surface area contributed by atoms with Crippen LogP contribution in [0, 0.1) is 5.92 Å². The highest BCUT2D eigenvalue weighted by Crippen LogP contribution is 2.24. The molecule has 1 atom stereocenters. The van der Waals surface area contributed by atoms with Crippen LogP contribution in [0.1, 0.15) is 27.7 Å². The molecule has 1 unspecified atom stereocenters. The topological polar surface area (TPSA) is 29.5 Å². The summed E-state index contributed by atoms with van der Waals surface area (Å²) < 4.78 is 4.94. The molecule has 0 aliphatic carbocycles. The van der Waals surface area contributed by atoms with E-state index >= 15 is 0 Å². The number of hydrogen-bond donors (Lipinski definition) is 0. The second-order valence-corrected chi connectivity index (χ2v) is 3.47. The van der Waals surface area contributed by atoms with Crippen LogP contribution in [-0.2, 0) is 4.74 Å². The number of rotatable bonds is 1. The van der Waals surface area contributed by atoms with E-state index in [-0.39, 0.29) is 6.09 Å². The van der Waals surface area contributed by atoms with E-state index in [9.17, 15) is 4.79 Å². The molecular weight excluding hydrogens is 178 g/mol. The van der Waals surface area contributed by atoms with E-state index in [1.807, 2.05) is 19.9 Å². The van der Waals surface area contributed by atoms with Crippen molar-refractivity contribution in [3.63, 3.8) is 0 Å². The number of allylic oxidation sites excluding steroid dienone is 3. The first-order valence-corrected chi connectivity index (χ1v) is 4.89. The van der Waals surface area contributed by atoms with E-state index in [2.05, 4.69) is 6.92 Å². The first-order valence-electron chi connectivity index (χ1n) is 4.89. The summed E-state index contributed by atoms with van der Waals surface area (Å²) in [4.78, 5) is 13.0. The van der Waals surface area contributed by atoms with E-state index in [1.54, 1.807) is 18.0 Å². The highest BCUT2D eigenvalue weighted by molar-refractivity contribution is 5.71. The molecule has 1 heterocycles.